The molecule has 0 saturated carbocycles. The van der Waals surface area contributed by atoms with Crippen LogP contribution in [0.15, 0.2) is 22.7 Å². The van der Waals surface area contributed by atoms with Crippen molar-refractivity contribution in [3.63, 3.8) is 0 Å². The number of halogens is 1. The topological polar surface area (TPSA) is 49.4 Å². The van der Waals surface area contributed by atoms with Crippen LogP contribution in [0.5, 0.6) is 0 Å². The molecule has 2 amide bonds. The molecule has 0 fully saturated rings. The number of nitrogens with zero attached hydrogens (tertiary/aromatic N) is 1. The van der Waals surface area contributed by atoms with Crippen LogP contribution < -0.4 is 5.32 Å². The van der Waals surface area contributed by atoms with E-state index in [9.17, 15) is 9.59 Å². The van der Waals surface area contributed by atoms with Gasteiger partial charge in [-0.3, -0.25) is 9.59 Å². The Hall–Kier alpha value is -1.36. The second kappa shape index (κ2) is 7.28. The molecule has 0 heterocycles. The van der Waals surface area contributed by atoms with Crippen molar-refractivity contribution in [1.29, 1.82) is 0 Å². The van der Waals surface area contributed by atoms with Crippen LogP contribution in [0.4, 0.5) is 0 Å². The lowest BCUT2D eigenvalue weighted by Gasteiger charge is -2.21. The zero-order chi connectivity index (χ0) is 14.4. The molecule has 5 heteroatoms. The van der Waals surface area contributed by atoms with Gasteiger partial charge in [0.25, 0.3) is 5.91 Å². The monoisotopic (exact) mass is 326 g/mol. The number of hydrogen-bond acceptors (Lipinski definition) is 2. The molecule has 104 valence electrons. The first-order chi connectivity index (χ1) is 8.99. The van der Waals surface area contributed by atoms with E-state index in [4.69, 9.17) is 0 Å². The number of likely N-dealkylation sites (N-methyl/N-ethyl adjacent to an activating group) is 2. The zero-order valence-electron chi connectivity index (χ0n) is 11.5. The number of aryl methyl sites for hydroxylation is 1. The summed E-state index contributed by atoms with van der Waals surface area (Å²) in [6, 6.07) is 5.57. The smallest absolute Gasteiger partial charge is 0.254 e. The fraction of sp³-hybridized carbons (Fsp3) is 0.429. The normalized spacial score (nSPS) is 10.1. The Morgan fingerprint density at radius 1 is 1.32 bits per heavy atom. The lowest BCUT2D eigenvalue weighted by atomic mass is 10.1. The maximum atomic E-state index is 12.4. The van der Waals surface area contributed by atoms with Crippen LogP contribution in [0.3, 0.4) is 0 Å². The Kier molecular flexibility index (Phi) is 6.02. The van der Waals surface area contributed by atoms with E-state index in [0.717, 1.165) is 10.0 Å². The van der Waals surface area contributed by atoms with Gasteiger partial charge >= 0.3 is 0 Å². The maximum absolute atomic E-state index is 12.4. The standard InChI is InChI=1S/C14H19BrN2O2/c1-4-16-13(18)9-17(5-2)14(19)12-8-11(15)7-6-10(12)3/h6-8H,4-5,9H2,1-3H3,(H,16,18). The van der Waals surface area contributed by atoms with E-state index in [1.54, 1.807) is 11.0 Å². The SMILES string of the molecule is CCNC(=O)CN(CC)C(=O)c1cc(Br)ccc1C. The van der Waals surface area contributed by atoms with Crippen molar-refractivity contribution in [1.82, 2.24) is 10.2 Å². The summed E-state index contributed by atoms with van der Waals surface area (Å²) >= 11 is 3.36. The fourth-order valence-electron chi connectivity index (χ4n) is 1.75. The molecule has 0 aliphatic carbocycles. The highest BCUT2D eigenvalue weighted by molar-refractivity contribution is 9.10. The molecule has 0 unspecified atom stereocenters. The second-order valence-electron chi connectivity index (χ2n) is 4.23. The third-order valence-corrected chi connectivity index (χ3v) is 3.30. The third kappa shape index (κ3) is 4.35. The summed E-state index contributed by atoms with van der Waals surface area (Å²) in [4.78, 5) is 25.5. The minimum Gasteiger partial charge on any atom is -0.355 e. The fourth-order valence-corrected chi connectivity index (χ4v) is 2.11. The third-order valence-electron chi connectivity index (χ3n) is 2.81. The zero-order valence-corrected chi connectivity index (χ0v) is 13.1. The van der Waals surface area contributed by atoms with Crippen molar-refractivity contribution in [3.8, 4) is 0 Å². The quantitative estimate of drug-likeness (QED) is 0.903. The number of carbonyl (C=O) groups excluding carboxylic acids is 2. The van der Waals surface area contributed by atoms with E-state index in [2.05, 4.69) is 21.2 Å². The van der Waals surface area contributed by atoms with Gasteiger partial charge in [0.05, 0.1) is 6.54 Å². The van der Waals surface area contributed by atoms with Gasteiger partial charge in [-0.2, -0.15) is 0 Å². The van der Waals surface area contributed by atoms with E-state index < -0.39 is 0 Å². The molecule has 4 nitrogen and oxygen atoms in total. The molecule has 1 N–H and O–H groups in total. The van der Waals surface area contributed by atoms with Crippen LogP contribution in [-0.4, -0.2) is 36.3 Å². The molecular formula is C14H19BrN2O2. The number of benzene rings is 1. The molecule has 0 aliphatic rings. The first-order valence-corrected chi connectivity index (χ1v) is 7.11. The predicted molar refractivity (Wildman–Crippen MR) is 79.1 cm³/mol. The van der Waals surface area contributed by atoms with Gasteiger partial charge in [0, 0.05) is 23.1 Å². The summed E-state index contributed by atoms with van der Waals surface area (Å²) in [6.07, 6.45) is 0. The highest BCUT2D eigenvalue weighted by Crippen LogP contribution is 2.17. The summed E-state index contributed by atoms with van der Waals surface area (Å²) in [7, 11) is 0. The van der Waals surface area contributed by atoms with Crippen molar-refractivity contribution in [2.24, 2.45) is 0 Å². The number of nitrogens with one attached hydrogen (secondary N) is 1. The Balaban J connectivity index is 2.89. The van der Waals surface area contributed by atoms with Gasteiger partial charge < -0.3 is 10.2 Å². The van der Waals surface area contributed by atoms with Crippen molar-refractivity contribution in [3.05, 3.63) is 33.8 Å². The minimum absolute atomic E-state index is 0.0924. The summed E-state index contributed by atoms with van der Waals surface area (Å²) in [6.45, 7) is 6.77. The molecule has 0 atom stereocenters. The van der Waals surface area contributed by atoms with E-state index >= 15 is 0 Å². The van der Waals surface area contributed by atoms with Crippen molar-refractivity contribution in [2.75, 3.05) is 19.6 Å². The van der Waals surface area contributed by atoms with Crippen LogP contribution >= 0.6 is 15.9 Å². The van der Waals surface area contributed by atoms with Gasteiger partial charge in [-0.15, -0.1) is 0 Å². The van der Waals surface area contributed by atoms with Gasteiger partial charge in [-0.1, -0.05) is 22.0 Å². The Morgan fingerprint density at radius 3 is 2.58 bits per heavy atom. The van der Waals surface area contributed by atoms with Gasteiger partial charge in [0.1, 0.15) is 0 Å². The minimum atomic E-state index is -0.134. The van der Waals surface area contributed by atoms with Crippen LogP contribution in [0.25, 0.3) is 0 Å². The Bertz CT molecular complexity index is 475. The van der Waals surface area contributed by atoms with Crippen LogP contribution in [0, 0.1) is 6.92 Å². The van der Waals surface area contributed by atoms with Gasteiger partial charge in [0.15, 0.2) is 0 Å². The van der Waals surface area contributed by atoms with Crippen LogP contribution in [-0.2, 0) is 4.79 Å². The van der Waals surface area contributed by atoms with Crippen LogP contribution in [0.2, 0.25) is 0 Å². The molecule has 1 aromatic rings. The lowest BCUT2D eigenvalue weighted by molar-refractivity contribution is -0.121. The van der Waals surface area contributed by atoms with E-state index in [0.29, 0.717) is 18.7 Å². The molecular weight excluding hydrogens is 308 g/mol. The highest BCUT2D eigenvalue weighted by atomic mass is 79.9. The second-order valence-corrected chi connectivity index (χ2v) is 5.15. The van der Waals surface area contributed by atoms with E-state index in [1.807, 2.05) is 32.9 Å². The number of rotatable bonds is 5. The Morgan fingerprint density at radius 2 is 2.00 bits per heavy atom. The summed E-state index contributed by atoms with van der Waals surface area (Å²) < 4.78 is 0.857. The van der Waals surface area contributed by atoms with E-state index in [1.165, 1.54) is 0 Å². The van der Waals surface area contributed by atoms with Gasteiger partial charge in [-0.25, -0.2) is 0 Å². The molecule has 19 heavy (non-hydrogen) atoms. The largest absolute Gasteiger partial charge is 0.355 e. The molecule has 0 aliphatic heterocycles. The molecule has 0 aromatic heterocycles. The van der Waals surface area contributed by atoms with E-state index in [-0.39, 0.29) is 18.4 Å². The van der Waals surface area contributed by atoms with Gasteiger partial charge in [-0.05, 0) is 38.5 Å². The number of hydrogen-bond donors (Lipinski definition) is 1. The van der Waals surface area contributed by atoms with Crippen molar-refractivity contribution in [2.45, 2.75) is 20.8 Å². The molecule has 0 spiro atoms. The average Bonchev–Trinajstić information content (AvgIpc) is 2.38. The summed E-state index contributed by atoms with van der Waals surface area (Å²) in [5.74, 6) is -0.252. The van der Waals surface area contributed by atoms with Crippen molar-refractivity contribution >= 4 is 27.7 Å². The lowest BCUT2D eigenvalue weighted by Crippen LogP contribution is -2.40. The molecule has 1 rings (SSSR count). The first-order valence-electron chi connectivity index (χ1n) is 6.31. The summed E-state index contributed by atoms with van der Waals surface area (Å²) in [5.41, 5.74) is 1.53. The molecule has 0 bridgehead atoms. The average molecular weight is 327 g/mol. The van der Waals surface area contributed by atoms with Crippen LogP contribution in [0.1, 0.15) is 29.8 Å². The molecule has 0 radical (unpaired) electrons. The van der Waals surface area contributed by atoms with Crippen molar-refractivity contribution < 1.29 is 9.59 Å². The first kappa shape index (κ1) is 15.7. The number of amides is 2. The highest BCUT2D eigenvalue weighted by Gasteiger charge is 2.18. The Labute approximate surface area is 122 Å². The predicted octanol–water partition coefficient (Wildman–Crippen LogP) is 2.36. The number of carbonyl (C=O) groups is 2. The summed E-state index contributed by atoms with van der Waals surface area (Å²) in [5, 5.41) is 2.70. The maximum Gasteiger partial charge on any atom is 0.254 e. The van der Waals surface area contributed by atoms with Gasteiger partial charge in [0.2, 0.25) is 5.91 Å². The molecule has 1 aromatic carbocycles. The molecule has 0 saturated heterocycles.